The number of carbonyl (C=O) groups excluding carboxylic acids is 1. The van der Waals surface area contributed by atoms with E-state index >= 15 is 0 Å². The number of alkyl halides is 3. The van der Waals surface area contributed by atoms with Crippen LogP contribution in [0, 0.1) is 5.92 Å². The molecule has 0 bridgehead atoms. The topological polar surface area (TPSA) is 46.3 Å². The molecule has 1 aromatic rings. The van der Waals surface area contributed by atoms with Gasteiger partial charge in [-0.1, -0.05) is 26.0 Å². The Hall–Kier alpha value is -1.56. The molecule has 1 saturated heterocycles. The average Bonchev–Trinajstić information content (AvgIpc) is 2.34. The minimum absolute atomic E-state index is 0.100. The lowest BCUT2D eigenvalue weighted by Crippen LogP contribution is -2.71. The Balaban J connectivity index is 1.93. The maximum Gasteiger partial charge on any atom is 0.416 e. The average molecular weight is 300 g/mol. The van der Waals surface area contributed by atoms with Crippen LogP contribution in [0.5, 0.6) is 0 Å². The van der Waals surface area contributed by atoms with Crippen LogP contribution in [0.25, 0.3) is 0 Å². The summed E-state index contributed by atoms with van der Waals surface area (Å²) in [4.78, 5) is 13.7. The van der Waals surface area contributed by atoms with Crippen molar-refractivity contribution >= 4 is 5.91 Å². The Bertz CT molecular complexity index is 517. The monoisotopic (exact) mass is 300 g/mol. The summed E-state index contributed by atoms with van der Waals surface area (Å²) < 4.78 is 37.3. The van der Waals surface area contributed by atoms with Gasteiger partial charge in [-0.3, -0.25) is 4.79 Å². The second-order valence-electron chi connectivity index (χ2n) is 6.01. The van der Waals surface area contributed by atoms with Crippen LogP contribution in [-0.4, -0.2) is 29.4 Å². The summed E-state index contributed by atoms with van der Waals surface area (Å²) >= 11 is 0. The van der Waals surface area contributed by atoms with Crippen molar-refractivity contribution in [2.45, 2.75) is 32.0 Å². The Morgan fingerprint density at radius 3 is 2.24 bits per heavy atom. The minimum Gasteiger partial charge on any atom is -0.339 e. The van der Waals surface area contributed by atoms with Crippen molar-refractivity contribution in [3.8, 4) is 0 Å². The van der Waals surface area contributed by atoms with Crippen molar-refractivity contribution in [1.29, 1.82) is 0 Å². The summed E-state index contributed by atoms with van der Waals surface area (Å²) in [6, 6.07) is 4.69. The van der Waals surface area contributed by atoms with E-state index in [1.54, 1.807) is 4.90 Å². The van der Waals surface area contributed by atoms with Gasteiger partial charge in [-0.05, 0) is 23.6 Å². The fourth-order valence-corrected chi connectivity index (χ4v) is 2.30. The van der Waals surface area contributed by atoms with Crippen LogP contribution in [0.3, 0.4) is 0 Å². The molecule has 0 aromatic heterocycles. The van der Waals surface area contributed by atoms with Crippen LogP contribution < -0.4 is 5.73 Å². The number of nitrogens with two attached hydrogens (primary N) is 1. The molecule has 0 aliphatic carbocycles. The maximum atomic E-state index is 12.4. The summed E-state index contributed by atoms with van der Waals surface area (Å²) in [6.45, 7) is 5.03. The number of hydrogen-bond acceptors (Lipinski definition) is 2. The first-order valence-corrected chi connectivity index (χ1v) is 6.84. The quantitative estimate of drug-likeness (QED) is 0.932. The molecule has 3 nitrogen and oxygen atoms in total. The van der Waals surface area contributed by atoms with E-state index in [-0.39, 0.29) is 23.8 Å². The van der Waals surface area contributed by atoms with Crippen molar-refractivity contribution in [2.75, 3.05) is 13.1 Å². The zero-order chi connectivity index (χ0) is 15.8. The molecular formula is C15H19F3N2O. The molecule has 1 amide bonds. The number of hydrogen-bond donors (Lipinski definition) is 1. The number of amides is 1. The van der Waals surface area contributed by atoms with Gasteiger partial charge >= 0.3 is 6.18 Å². The van der Waals surface area contributed by atoms with E-state index < -0.39 is 11.7 Å². The summed E-state index contributed by atoms with van der Waals surface area (Å²) in [6.07, 6.45) is -4.25. The van der Waals surface area contributed by atoms with Crippen LogP contribution in [0.4, 0.5) is 13.2 Å². The number of benzene rings is 1. The third-order valence-electron chi connectivity index (χ3n) is 4.11. The predicted molar refractivity (Wildman–Crippen MR) is 73.5 cm³/mol. The van der Waals surface area contributed by atoms with E-state index in [0.29, 0.717) is 18.7 Å². The highest BCUT2D eigenvalue weighted by atomic mass is 19.4. The van der Waals surface area contributed by atoms with Crippen molar-refractivity contribution in [2.24, 2.45) is 11.7 Å². The summed E-state index contributed by atoms with van der Waals surface area (Å²) in [7, 11) is 0. The Labute approximate surface area is 121 Å². The van der Waals surface area contributed by atoms with Crippen LogP contribution >= 0.6 is 0 Å². The Kier molecular flexibility index (Phi) is 4.02. The van der Waals surface area contributed by atoms with Crippen molar-refractivity contribution in [3.63, 3.8) is 0 Å². The van der Waals surface area contributed by atoms with Gasteiger partial charge in [0.2, 0.25) is 5.91 Å². The van der Waals surface area contributed by atoms with E-state index in [1.807, 2.05) is 13.8 Å². The van der Waals surface area contributed by atoms with E-state index in [2.05, 4.69) is 0 Å². The first-order valence-electron chi connectivity index (χ1n) is 6.84. The zero-order valence-corrected chi connectivity index (χ0v) is 12.1. The molecule has 116 valence electrons. The standard InChI is InChI=1S/C15H19F3N2O/c1-10(2)14(19)8-20(9-14)13(21)7-11-3-5-12(6-4-11)15(16,17)18/h3-6,10H,7-9,19H2,1-2H3. The molecule has 0 unspecified atom stereocenters. The summed E-state index contributed by atoms with van der Waals surface area (Å²) in [5.41, 5.74) is 5.65. The normalized spacial score (nSPS) is 17.8. The summed E-state index contributed by atoms with van der Waals surface area (Å²) in [5, 5.41) is 0. The zero-order valence-electron chi connectivity index (χ0n) is 12.1. The van der Waals surface area contributed by atoms with Crippen LogP contribution in [0.15, 0.2) is 24.3 Å². The van der Waals surface area contributed by atoms with Gasteiger partial charge in [0.1, 0.15) is 0 Å². The van der Waals surface area contributed by atoms with Gasteiger partial charge in [-0.25, -0.2) is 0 Å². The second-order valence-corrected chi connectivity index (χ2v) is 6.01. The smallest absolute Gasteiger partial charge is 0.339 e. The SMILES string of the molecule is CC(C)C1(N)CN(C(=O)Cc2ccc(C(F)(F)F)cc2)C1. The number of carbonyl (C=O) groups is 1. The Morgan fingerprint density at radius 2 is 1.81 bits per heavy atom. The summed E-state index contributed by atoms with van der Waals surface area (Å²) in [5.74, 6) is 0.184. The lowest BCUT2D eigenvalue weighted by Gasteiger charge is -2.50. The maximum absolute atomic E-state index is 12.4. The van der Waals surface area contributed by atoms with Crippen molar-refractivity contribution < 1.29 is 18.0 Å². The van der Waals surface area contributed by atoms with E-state index in [9.17, 15) is 18.0 Å². The van der Waals surface area contributed by atoms with Gasteiger partial charge in [-0.2, -0.15) is 13.2 Å². The molecule has 1 fully saturated rings. The van der Waals surface area contributed by atoms with Crippen LogP contribution in [0.1, 0.15) is 25.0 Å². The van der Waals surface area contributed by atoms with Gasteiger partial charge < -0.3 is 10.6 Å². The molecular weight excluding hydrogens is 281 g/mol. The first-order chi connectivity index (χ1) is 9.62. The minimum atomic E-state index is -4.35. The first kappa shape index (κ1) is 15.8. The van der Waals surface area contributed by atoms with Gasteiger partial charge in [0.25, 0.3) is 0 Å². The number of nitrogens with zero attached hydrogens (tertiary/aromatic N) is 1. The lowest BCUT2D eigenvalue weighted by molar-refractivity contribution is -0.139. The molecule has 21 heavy (non-hydrogen) atoms. The largest absolute Gasteiger partial charge is 0.416 e. The molecule has 0 spiro atoms. The van der Waals surface area contributed by atoms with Crippen LogP contribution in [-0.2, 0) is 17.4 Å². The van der Waals surface area contributed by atoms with E-state index in [0.717, 1.165) is 12.1 Å². The molecule has 0 atom stereocenters. The molecule has 0 saturated carbocycles. The van der Waals surface area contributed by atoms with Gasteiger partial charge in [-0.15, -0.1) is 0 Å². The van der Waals surface area contributed by atoms with Gasteiger partial charge in [0, 0.05) is 13.1 Å². The highest BCUT2D eigenvalue weighted by Gasteiger charge is 2.43. The van der Waals surface area contributed by atoms with E-state index in [1.165, 1.54) is 12.1 Å². The van der Waals surface area contributed by atoms with Crippen molar-refractivity contribution in [3.05, 3.63) is 35.4 Å². The van der Waals surface area contributed by atoms with E-state index in [4.69, 9.17) is 5.73 Å². The van der Waals surface area contributed by atoms with Crippen LogP contribution in [0.2, 0.25) is 0 Å². The van der Waals surface area contributed by atoms with Gasteiger partial charge in [0.15, 0.2) is 0 Å². The molecule has 1 aliphatic rings. The fourth-order valence-electron chi connectivity index (χ4n) is 2.30. The van der Waals surface area contributed by atoms with Gasteiger partial charge in [0.05, 0.1) is 17.5 Å². The highest BCUT2D eigenvalue weighted by Crippen LogP contribution is 2.30. The Morgan fingerprint density at radius 1 is 1.29 bits per heavy atom. The molecule has 0 radical (unpaired) electrons. The highest BCUT2D eigenvalue weighted by molar-refractivity contribution is 5.80. The number of halogens is 3. The number of likely N-dealkylation sites (tertiary alicyclic amines) is 1. The fraction of sp³-hybridized carbons (Fsp3) is 0.533. The predicted octanol–water partition coefficient (Wildman–Crippen LogP) is 2.44. The van der Waals surface area contributed by atoms with Crippen molar-refractivity contribution in [1.82, 2.24) is 4.90 Å². The molecule has 2 N–H and O–H groups in total. The molecule has 2 rings (SSSR count). The lowest BCUT2D eigenvalue weighted by atomic mass is 9.80. The molecule has 1 aliphatic heterocycles. The molecule has 1 aromatic carbocycles. The third-order valence-corrected chi connectivity index (χ3v) is 4.11. The number of rotatable bonds is 3. The molecule has 6 heteroatoms. The second kappa shape index (κ2) is 5.33. The third kappa shape index (κ3) is 3.37. The molecule has 1 heterocycles.